The van der Waals surface area contributed by atoms with Gasteiger partial charge in [0.15, 0.2) is 0 Å². The second kappa shape index (κ2) is 10.4. The molecule has 0 bridgehead atoms. The fourth-order valence-electron chi connectivity index (χ4n) is 4.03. The van der Waals surface area contributed by atoms with Gasteiger partial charge in [-0.05, 0) is 72.3 Å². The monoisotopic (exact) mass is 482 g/mol. The van der Waals surface area contributed by atoms with Crippen LogP contribution in [0.25, 0.3) is 21.6 Å². The van der Waals surface area contributed by atoms with Crippen LogP contribution in [0.2, 0.25) is 5.02 Å². The number of nitrogens with zero attached hydrogens (tertiary/aromatic N) is 2. The average Bonchev–Trinajstić information content (AvgIpc) is 3.46. The van der Waals surface area contributed by atoms with E-state index in [-0.39, 0.29) is 17.8 Å². The summed E-state index contributed by atoms with van der Waals surface area (Å²) in [5.41, 5.74) is 5.23. The van der Waals surface area contributed by atoms with Crippen LogP contribution < -0.4 is 0 Å². The van der Waals surface area contributed by atoms with Gasteiger partial charge in [-0.15, -0.1) is 11.3 Å². The molecular formula is C27H31ClN2O2S. The van der Waals surface area contributed by atoms with Crippen LogP contribution in [0.5, 0.6) is 0 Å². The van der Waals surface area contributed by atoms with E-state index in [4.69, 9.17) is 16.3 Å². The molecule has 1 aromatic carbocycles. The number of carbonyl (C=O) groups is 1. The number of hydrogen-bond donors (Lipinski definition) is 0. The van der Waals surface area contributed by atoms with Crippen molar-refractivity contribution in [3.05, 3.63) is 64.3 Å². The number of carbonyl (C=O) groups excluding carboxylic acids is 1. The van der Waals surface area contributed by atoms with Crippen molar-refractivity contribution in [1.82, 2.24) is 9.88 Å². The largest absolute Gasteiger partial charge is 0.464 e. The van der Waals surface area contributed by atoms with Crippen molar-refractivity contribution in [2.24, 2.45) is 0 Å². The summed E-state index contributed by atoms with van der Waals surface area (Å²) >= 11 is 8.28. The van der Waals surface area contributed by atoms with Crippen LogP contribution in [-0.4, -0.2) is 42.1 Å². The van der Waals surface area contributed by atoms with Crippen LogP contribution in [0.3, 0.4) is 0 Å². The Morgan fingerprint density at radius 3 is 2.64 bits per heavy atom. The van der Waals surface area contributed by atoms with E-state index in [2.05, 4.69) is 48.2 Å². The number of thiophene rings is 1. The lowest BCUT2D eigenvalue weighted by molar-refractivity contribution is -0.143. The zero-order valence-electron chi connectivity index (χ0n) is 19.6. The van der Waals surface area contributed by atoms with Crippen LogP contribution >= 0.6 is 22.9 Å². The van der Waals surface area contributed by atoms with Crippen LogP contribution in [0.15, 0.2) is 48.0 Å². The zero-order chi connectivity index (χ0) is 23.4. The average molecular weight is 483 g/mol. The van der Waals surface area contributed by atoms with E-state index in [0.717, 1.165) is 52.5 Å². The summed E-state index contributed by atoms with van der Waals surface area (Å²) in [5.74, 6) is -0.205. The normalized spacial score (nSPS) is 14.5. The van der Waals surface area contributed by atoms with Crippen molar-refractivity contribution in [3.8, 4) is 21.6 Å². The van der Waals surface area contributed by atoms with Crippen LogP contribution in [0, 0.1) is 0 Å². The summed E-state index contributed by atoms with van der Waals surface area (Å²) in [5, 5.41) is 2.80. The summed E-state index contributed by atoms with van der Waals surface area (Å²) < 4.78 is 5.42. The highest BCUT2D eigenvalue weighted by Gasteiger charge is 2.17. The van der Waals surface area contributed by atoms with Gasteiger partial charge in [0.25, 0.3) is 0 Å². The number of rotatable bonds is 7. The molecule has 33 heavy (non-hydrogen) atoms. The first-order chi connectivity index (χ1) is 15.8. The fraction of sp³-hybridized carbons (Fsp3) is 0.407. The van der Waals surface area contributed by atoms with Crippen LogP contribution in [0.4, 0.5) is 0 Å². The van der Waals surface area contributed by atoms with Crippen molar-refractivity contribution in [1.29, 1.82) is 0 Å². The van der Waals surface area contributed by atoms with E-state index in [0.29, 0.717) is 11.6 Å². The molecular weight excluding hydrogens is 452 g/mol. The minimum atomic E-state index is -0.205. The third kappa shape index (κ3) is 6.23. The van der Waals surface area contributed by atoms with Gasteiger partial charge < -0.3 is 4.74 Å². The molecule has 1 aliphatic heterocycles. The number of halogens is 1. The Balaban J connectivity index is 1.40. The van der Waals surface area contributed by atoms with Crippen molar-refractivity contribution in [2.45, 2.75) is 45.4 Å². The summed E-state index contributed by atoms with van der Waals surface area (Å²) in [6.07, 6.45) is 4.59. The molecule has 4 rings (SSSR count). The molecule has 174 valence electrons. The van der Waals surface area contributed by atoms with Crippen molar-refractivity contribution >= 4 is 28.9 Å². The molecule has 0 radical (unpaired) electrons. The lowest BCUT2D eigenvalue weighted by atomic mass is 9.90. The van der Waals surface area contributed by atoms with E-state index >= 15 is 0 Å². The van der Waals surface area contributed by atoms with E-state index < -0.39 is 0 Å². The molecule has 1 fully saturated rings. The number of benzene rings is 1. The maximum absolute atomic E-state index is 12.2. The second-order valence-electron chi connectivity index (χ2n) is 9.64. The number of likely N-dealkylation sites (tertiary alicyclic amines) is 1. The molecule has 0 unspecified atom stereocenters. The molecule has 0 saturated carbocycles. The Hall–Kier alpha value is -2.21. The third-order valence-electron chi connectivity index (χ3n) is 5.98. The van der Waals surface area contributed by atoms with E-state index in [9.17, 15) is 4.79 Å². The number of ether oxygens (including phenoxy) is 1. The molecule has 1 saturated heterocycles. The lowest BCUT2D eigenvalue weighted by Gasteiger charge is -2.18. The van der Waals surface area contributed by atoms with Gasteiger partial charge in [0.05, 0.1) is 6.42 Å². The molecule has 3 aromatic rings. The highest BCUT2D eigenvalue weighted by Crippen LogP contribution is 2.37. The van der Waals surface area contributed by atoms with Gasteiger partial charge in [0.1, 0.15) is 6.61 Å². The first-order valence-corrected chi connectivity index (χ1v) is 12.8. The van der Waals surface area contributed by atoms with Crippen molar-refractivity contribution in [3.63, 3.8) is 0 Å². The predicted octanol–water partition coefficient (Wildman–Crippen LogP) is 6.61. The van der Waals surface area contributed by atoms with Gasteiger partial charge in [0.2, 0.25) is 0 Å². The predicted molar refractivity (Wildman–Crippen MR) is 137 cm³/mol. The number of aromatic nitrogens is 1. The molecule has 2 aromatic heterocycles. The Kier molecular flexibility index (Phi) is 7.52. The molecule has 3 heterocycles. The summed E-state index contributed by atoms with van der Waals surface area (Å²) in [4.78, 5) is 20.2. The number of hydrogen-bond acceptors (Lipinski definition) is 5. The van der Waals surface area contributed by atoms with Gasteiger partial charge in [0, 0.05) is 39.3 Å². The van der Waals surface area contributed by atoms with E-state index in [1.165, 1.54) is 12.8 Å². The van der Waals surface area contributed by atoms with Crippen molar-refractivity contribution in [2.75, 3.05) is 26.2 Å². The Morgan fingerprint density at radius 2 is 1.91 bits per heavy atom. The molecule has 1 aliphatic rings. The summed E-state index contributed by atoms with van der Waals surface area (Å²) in [6.45, 7) is 10.00. The van der Waals surface area contributed by atoms with Gasteiger partial charge >= 0.3 is 5.97 Å². The maximum atomic E-state index is 12.2. The minimum Gasteiger partial charge on any atom is -0.464 e. The molecule has 0 spiro atoms. The molecule has 0 aliphatic carbocycles. The molecule has 0 N–H and O–H groups in total. The van der Waals surface area contributed by atoms with E-state index in [1.54, 1.807) is 11.3 Å². The summed E-state index contributed by atoms with van der Waals surface area (Å²) in [6, 6.07) is 12.2. The standard InChI is InChI=1S/C27H31ClN2O2S/c1-27(2,3)25-17-20(8-9-29-25)21-16-24(33-18-21)22-7-6-19(14-23(22)28)15-26(31)32-13-12-30-10-4-5-11-30/h6-9,14,16-18H,4-5,10-13,15H2,1-3H3. The molecule has 4 nitrogen and oxygen atoms in total. The first kappa shape index (κ1) is 23.9. The number of pyridine rings is 1. The highest BCUT2D eigenvalue weighted by molar-refractivity contribution is 7.14. The Bertz CT molecular complexity index is 1110. The van der Waals surface area contributed by atoms with Crippen LogP contribution in [0.1, 0.15) is 44.9 Å². The smallest absolute Gasteiger partial charge is 0.310 e. The zero-order valence-corrected chi connectivity index (χ0v) is 21.1. The lowest BCUT2D eigenvalue weighted by Crippen LogP contribution is -2.25. The molecule has 6 heteroatoms. The Morgan fingerprint density at radius 1 is 1.12 bits per heavy atom. The SMILES string of the molecule is CC(C)(C)c1cc(-c2csc(-c3ccc(CC(=O)OCCN4CCCC4)cc3Cl)c2)ccn1. The van der Waals surface area contributed by atoms with Gasteiger partial charge in [-0.1, -0.05) is 44.5 Å². The second-order valence-corrected chi connectivity index (χ2v) is 11.0. The van der Waals surface area contributed by atoms with Gasteiger partial charge in [-0.2, -0.15) is 0 Å². The topological polar surface area (TPSA) is 42.4 Å². The van der Waals surface area contributed by atoms with Gasteiger partial charge in [-0.25, -0.2) is 0 Å². The molecule has 0 atom stereocenters. The molecule has 0 amide bonds. The summed E-state index contributed by atoms with van der Waals surface area (Å²) in [7, 11) is 0. The minimum absolute atomic E-state index is 0.00330. The highest BCUT2D eigenvalue weighted by atomic mass is 35.5. The van der Waals surface area contributed by atoms with E-state index in [1.807, 2.05) is 30.5 Å². The number of esters is 1. The Labute approximate surface area is 205 Å². The quantitative estimate of drug-likeness (QED) is 0.355. The van der Waals surface area contributed by atoms with Crippen molar-refractivity contribution < 1.29 is 9.53 Å². The first-order valence-electron chi connectivity index (χ1n) is 11.5. The van der Waals surface area contributed by atoms with Crippen LogP contribution in [-0.2, 0) is 21.4 Å². The van der Waals surface area contributed by atoms with Gasteiger partial charge in [-0.3, -0.25) is 14.7 Å². The third-order valence-corrected chi connectivity index (χ3v) is 7.25. The fourth-order valence-corrected chi connectivity index (χ4v) is 5.35. The maximum Gasteiger partial charge on any atom is 0.310 e.